The number of nitrogens with one attached hydrogen (secondary N) is 1. The topological polar surface area (TPSA) is 84.9 Å². The van der Waals surface area contributed by atoms with Gasteiger partial charge in [0, 0.05) is 18.9 Å². The molecule has 114 valence electrons. The molecule has 6 nitrogen and oxygen atoms in total. The Morgan fingerprint density at radius 3 is 2.60 bits per heavy atom. The van der Waals surface area contributed by atoms with Crippen molar-refractivity contribution in [2.45, 2.75) is 57.3 Å². The molecule has 6 heteroatoms. The van der Waals surface area contributed by atoms with Crippen LogP contribution in [-0.2, 0) is 19.1 Å². The van der Waals surface area contributed by atoms with Gasteiger partial charge in [0.1, 0.15) is 0 Å². The fraction of sp³-hybridized carbons (Fsp3) is 0.857. The summed E-state index contributed by atoms with van der Waals surface area (Å²) in [5, 5.41) is 11.7. The molecule has 2 N–H and O–H groups in total. The van der Waals surface area contributed by atoms with Gasteiger partial charge in [-0.2, -0.15) is 0 Å². The van der Waals surface area contributed by atoms with E-state index in [0.717, 1.165) is 19.3 Å². The molecule has 2 aliphatic rings. The second-order valence-corrected chi connectivity index (χ2v) is 5.80. The van der Waals surface area contributed by atoms with E-state index in [4.69, 9.17) is 14.6 Å². The minimum absolute atomic E-state index is 0.0275. The Labute approximate surface area is 118 Å². The summed E-state index contributed by atoms with van der Waals surface area (Å²) in [6.45, 7) is 3.06. The van der Waals surface area contributed by atoms with E-state index in [9.17, 15) is 9.59 Å². The Morgan fingerprint density at radius 2 is 1.90 bits per heavy atom. The lowest BCUT2D eigenvalue weighted by Gasteiger charge is -2.39. The maximum Gasteiger partial charge on any atom is 0.303 e. The van der Waals surface area contributed by atoms with E-state index in [-0.39, 0.29) is 42.9 Å². The molecular formula is C14H23NO5. The minimum Gasteiger partial charge on any atom is -0.481 e. The van der Waals surface area contributed by atoms with Gasteiger partial charge in [0.15, 0.2) is 0 Å². The summed E-state index contributed by atoms with van der Waals surface area (Å²) in [6.07, 6.45) is 3.11. The van der Waals surface area contributed by atoms with Gasteiger partial charge < -0.3 is 19.9 Å². The van der Waals surface area contributed by atoms with E-state index in [1.807, 2.05) is 0 Å². The number of ether oxygens (including phenoxy) is 2. The summed E-state index contributed by atoms with van der Waals surface area (Å²) in [7, 11) is 0. The second kappa shape index (κ2) is 7.04. The molecule has 20 heavy (non-hydrogen) atoms. The van der Waals surface area contributed by atoms with Crippen molar-refractivity contribution < 1.29 is 24.2 Å². The highest BCUT2D eigenvalue weighted by Crippen LogP contribution is 2.26. The first-order valence-electron chi connectivity index (χ1n) is 7.29. The molecule has 0 aromatic carbocycles. The molecule has 1 aliphatic heterocycles. The minimum atomic E-state index is -0.862. The van der Waals surface area contributed by atoms with Crippen LogP contribution >= 0.6 is 0 Å². The zero-order chi connectivity index (χ0) is 14.5. The van der Waals surface area contributed by atoms with Crippen LogP contribution < -0.4 is 5.32 Å². The second-order valence-electron chi connectivity index (χ2n) is 5.80. The summed E-state index contributed by atoms with van der Waals surface area (Å²) in [6, 6.07) is 0.113. The number of carboxylic acids is 1. The summed E-state index contributed by atoms with van der Waals surface area (Å²) in [5.74, 6) is -1.07. The molecule has 2 fully saturated rings. The summed E-state index contributed by atoms with van der Waals surface area (Å²) < 4.78 is 11.3. The summed E-state index contributed by atoms with van der Waals surface area (Å²) in [4.78, 5) is 22.5. The predicted molar refractivity (Wildman–Crippen MR) is 71.3 cm³/mol. The highest BCUT2D eigenvalue weighted by Gasteiger charge is 2.34. The van der Waals surface area contributed by atoms with Crippen molar-refractivity contribution in [3.8, 4) is 0 Å². The molecule has 0 aromatic rings. The first-order valence-corrected chi connectivity index (χ1v) is 7.29. The van der Waals surface area contributed by atoms with Gasteiger partial charge in [0.05, 0.1) is 25.4 Å². The van der Waals surface area contributed by atoms with Crippen LogP contribution in [0.3, 0.4) is 0 Å². The number of fused-ring (bicyclic) bond motifs is 1. The quantitative estimate of drug-likeness (QED) is 0.785. The normalized spacial score (nSPS) is 31.1. The molecule has 1 saturated heterocycles. The number of aliphatic carboxylic acids is 1. The lowest BCUT2D eigenvalue weighted by molar-refractivity contribution is -0.158. The van der Waals surface area contributed by atoms with E-state index >= 15 is 0 Å². The van der Waals surface area contributed by atoms with E-state index in [2.05, 4.69) is 5.32 Å². The molecule has 1 amide bonds. The Hall–Kier alpha value is -1.14. The Balaban J connectivity index is 1.73. The van der Waals surface area contributed by atoms with Crippen LogP contribution in [0.5, 0.6) is 0 Å². The number of hydrogen-bond donors (Lipinski definition) is 2. The van der Waals surface area contributed by atoms with Gasteiger partial charge in [0.2, 0.25) is 5.91 Å². The van der Waals surface area contributed by atoms with Crippen LogP contribution in [0.25, 0.3) is 0 Å². The van der Waals surface area contributed by atoms with Crippen molar-refractivity contribution in [3.63, 3.8) is 0 Å². The Bertz CT molecular complexity index is 359. The number of carbonyl (C=O) groups excluding carboxylic acids is 1. The predicted octanol–water partition coefficient (Wildman–Crippen LogP) is 0.940. The van der Waals surface area contributed by atoms with Gasteiger partial charge in [-0.05, 0) is 25.2 Å². The van der Waals surface area contributed by atoms with Gasteiger partial charge in [0.25, 0.3) is 0 Å². The molecule has 1 saturated carbocycles. The van der Waals surface area contributed by atoms with Gasteiger partial charge in [-0.1, -0.05) is 6.92 Å². The van der Waals surface area contributed by atoms with Crippen LogP contribution in [0, 0.1) is 5.92 Å². The highest BCUT2D eigenvalue weighted by molar-refractivity contribution is 5.77. The van der Waals surface area contributed by atoms with Crippen molar-refractivity contribution in [1.82, 2.24) is 5.32 Å². The van der Waals surface area contributed by atoms with E-state index in [0.29, 0.717) is 13.2 Å². The number of carbonyl (C=O) groups is 2. The van der Waals surface area contributed by atoms with Crippen molar-refractivity contribution in [3.05, 3.63) is 0 Å². The highest BCUT2D eigenvalue weighted by atomic mass is 16.6. The van der Waals surface area contributed by atoms with E-state index in [1.54, 1.807) is 6.92 Å². The lowest BCUT2D eigenvalue weighted by Crippen LogP contribution is -2.49. The van der Waals surface area contributed by atoms with Gasteiger partial charge in [-0.3, -0.25) is 9.59 Å². The molecule has 1 heterocycles. The van der Waals surface area contributed by atoms with Crippen LogP contribution in [-0.4, -0.2) is 48.4 Å². The molecule has 4 unspecified atom stereocenters. The summed E-state index contributed by atoms with van der Waals surface area (Å²) >= 11 is 0. The number of hydrogen-bond acceptors (Lipinski definition) is 4. The number of amides is 1. The molecule has 0 aromatic heterocycles. The molecule has 1 aliphatic carbocycles. The average Bonchev–Trinajstić information content (AvgIpc) is 2.37. The summed E-state index contributed by atoms with van der Waals surface area (Å²) in [5.41, 5.74) is 0. The molecule has 0 spiro atoms. The molecule has 2 rings (SSSR count). The third-order valence-electron chi connectivity index (χ3n) is 3.90. The van der Waals surface area contributed by atoms with E-state index < -0.39 is 5.97 Å². The first-order chi connectivity index (χ1) is 9.54. The zero-order valence-electron chi connectivity index (χ0n) is 11.8. The monoisotopic (exact) mass is 285 g/mol. The van der Waals surface area contributed by atoms with Crippen LogP contribution in [0.15, 0.2) is 0 Å². The van der Waals surface area contributed by atoms with Crippen LogP contribution in [0.4, 0.5) is 0 Å². The Kier molecular flexibility index (Phi) is 5.37. The van der Waals surface area contributed by atoms with Gasteiger partial charge >= 0.3 is 5.97 Å². The fourth-order valence-electron chi connectivity index (χ4n) is 2.97. The van der Waals surface area contributed by atoms with Gasteiger partial charge in [-0.25, -0.2) is 0 Å². The number of rotatable bonds is 5. The van der Waals surface area contributed by atoms with Gasteiger partial charge in [-0.15, -0.1) is 0 Å². The van der Waals surface area contributed by atoms with E-state index in [1.165, 1.54) is 0 Å². The maximum absolute atomic E-state index is 11.9. The third kappa shape index (κ3) is 4.45. The van der Waals surface area contributed by atoms with Crippen LogP contribution in [0.1, 0.15) is 39.0 Å². The van der Waals surface area contributed by atoms with Crippen LogP contribution in [0.2, 0.25) is 0 Å². The first kappa shape index (κ1) is 15.3. The molecule has 0 bridgehead atoms. The zero-order valence-corrected chi connectivity index (χ0v) is 11.8. The molecule has 0 radical (unpaired) electrons. The fourth-order valence-corrected chi connectivity index (χ4v) is 2.97. The smallest absolute Gasteiger partial charge is 0.303 e. The third-order valence-corrected chi connectivity index (χ3v) is 3.90. The maximum atomic E-state index is 11.9. The van der Waals surface area contributed by atoms with Crippen molar-refractivity contribution >= 4 is 11.9 Å². The molecule has 4 atom stereocenters. The number of carboxylic acid groups (broad SMARTS) is 1. The lowest BCUT2D eigenvalue weighted by atomic mass is 9.89. The largest absolute Gasteiger partial charge is 0.481 e. The SMILES string of the molecule is CC(CC(=O)O)CC(=O)NC1CCC2OCCOC2C1. The van der Waals surface area contributed by atoms with Crippen molar-refractivity contribution in [1.29, 1.82) is 0 Å². The average molecular weight is 285 g/mol. The van der Waals surface area contributed by atoms with Crippen molar-refractivity contribution in [2.24, 2.45) is 5.92 Å². The van der Waals surface area contributed by atoms with Crippen molar-refractivity contribution in [2.75, 3.05) is 13.2 Å². The Morgan fingerprint density at radius 1 is 1.20 bits per heavy atom. The molecular weight excluding hydrogens is 262 g/mol. The standard InChI is InChI=1S/C14H23NO5/c1-9(7-14(17)18)6-13(16)15-10-2-3-11-12(8-10)20-5-4-19-11/h9-12H,2-8H2,1H3,(H,15,16)(H,17,18).